The number of aliphatic hydroxyl groups excluding tert-OH is 1. The Labute approximate surface area is 112 Å². The Balaban J connectivity index is 2.36. The van der Waals surface area contributed by atoms with Crippen molar-refractivity contribution in [2.45, 2.75) is 26.9 Å². The van der Waals surface area contributed by atoms with Gasteiger partial charge < -0.3 is 10.0 Å². The summed E-state index contributed by atoms with van der Waals surface area (Å²) in [5.74, 6) is 0. The van der Waals surface area contributed by atoms with Crippen molar-refractivity contribution in [2.75, 3.05) is 11.4 Å². The zero-order valence-electron chi connectivity index (χ0n) is 10.9. The third-order valence-electron chi connectivity index (χ3n) is 2.89. The molecule has 1 aromatic heterocycles. The first-order valence-corrected chi connectivity index (χ1v) is 6.98. The van der Waals surface area contributed by atoms with Crippen LogP contribution >= 0.6 is 11.3 Å². The molecule has 1 aromatic carbocycles. The van der Waals surface area contributed by atoms with Gasteiger partial charge in [0.15, 0.2) is 5.13 Å². The predicted molar refractivity (Wildman–Crippen MR) is 76.6 cm³/mol. The van der Waals surface area contributed by atoms with Crippen molar-refractivity contribution in [1.82, 2.24) is 4.98 Å². The quantitative estimate of drug-likeness (QED) is 0.913. The third kappa shape index (κ3) is 2.54. The van der Waals surface area contributed by atoms with Gasteiger partial charge in [-0.1, -0.05) is 18.2 Å². The molecule has 0 radical (unpaired) electrons. The molecule has 1 atom stereocenters. The maximum absolute atomic E-state index is 9.54. The molecule has 0 aliphatic rings. The molecule has 2 aromatic rings. The van der Waals surface area contributed by atoms with E-state index in [1.165, 1.54) is 11.3 Å². The molecule has 0 saturated heterocycles. The number of hydrogen-bond acceptors (Lipinski definition) is 4. The molecule has 4 heteroatoms. The minimum atomic E-state index is -0.509. The number of aliphatic hydroxyl groups is 1. The van der Waals surface area contributed by atoms with Crippen molar-refractivity contribution in [2.24, 2.45) is 0 Å². The number of anilines is 2. The van der Waals surface area contributed by atoms with E-state index in [2.05, 4.69) is 35.9 Å². The molecule has 0 spiro atoms. The van der Waals surface area contributed by atoms with Crippen molar-refractivity contribution < 1.29 is 5.11 Å². The Morgan fingerprint density at radius 2 is 2.11 bits per heavy atom. The van der Waals surface area contributed by atoms with Crippen LogP contribution in [0.4, 0.5) is 10.8 Å². The number of rotatable bonds is 4. The molecule has 0 saturated carbocycles. The highest BCUT2D eigenvalue weighted by atomic mass is 32.1. The van der Waals surface area contributed by atoms with Gasteiger partial charge in [0.25, 0.3) is 0 Å². The van der Waals surface area contributed by atoms with Gasteiger partial charge in [-0.3, -0.25) is 0 Å². The summed E-state index contributed by atoms with van der Waals surface area (Å²) in [6.45, 7) is 6.80. The monoisotopic (exact) mass is 262 g/mol. The van der Waals surface area contributed by atoms with Gasteiger partial charge in [0.2, 0.25) is 0 Å². The Morgan fingerprint density at radius 3 is 2.67 bits per heavy atom. The molecule has 1 heterocycles. The number of thiazole rings is 1. The van der Waals surface area contributed by atoms with Crippen molar-refractivity contribution in [3.8, 4) is 0 Å². The largest absolute Gasteiger partial charge is 0.387 e. The summed E-state index contributed by atoms with van der Waals surface area (Å²) >= 11 is 1.57. The maximum atomic E-state index is 9.54. The molecular weight excluding hydrogens is 244 g/mol. The lowest BCUT2D eigenvalue weighted by Crippen LogP contribution is -2.17. The number of aromatic nitrogens is 1. The summed E-state index contributed by atoms with van der Waals surface area (Å²) < 4.78 is 0. The van der Waals surface area contributed by atoms with Gasteiger partial charge in [-0.15, -0.1) is 11.3 Å². The van der Waals surface area contributed by atoms with E-state index in [4.69, 9.17) is 0 Å². The summed E-state index contributed by atoms with van der Waals surface area (Å²) in [4.78, 5) is 6.67. The third-order valence-corrected chi connectivity index (χ3v) is 3.77. The second kappa shape index (κ2) is 5.50. The first-order chi connectivity index (χ1) is 8.63. The maximum Gasteiger partial charge on any atom is 0.190 e. The van der Waals surface area contributed by atoms with Crippen LogP contribution < -0.4 is 4.90 Å². The molecule has 2 rings (SSSR count). The molecule has 0 aliphatic carbocycles. The lowest BCUT2D eigenvalue weighted by Gasteiger charge is -2.21. The van der Waals surface area contributed by atoms with Crippen molar-refractivity contribution in [3.05, 3.63) is 40.9 Å². The fourth-order valence-electron chi connectivity index (χ4n) is 1.87. The standard InChI is InChI=1S/C14H18N2OS/c1-4-16(13-8-6-5-7-10(13)2)14-15-12(9-18-14)11(3)17/h5-9,11,17H,4H2,1-3H3. The SMILES string of the molecule is CCN(c1nc(C(C)O)cs1)c1ccccc1C. The Bertz CT molecular complexity index is 522. The van der Waals surface area contributed by atoms with Crippen molar-refractivity contribution in [1.29, 1.82) is 0 Å². The van der Waals surface area contributed by atoms with Crippen LogP contribution in [-0.4, -0.2) is 16.6 Å². The summed E-state index contributed by atoms with van der Waals surface area (Å²) in [6.07, 6.45) is -0.509. The van der Waals surface area contributed by atoms with Gasteiger partial charge >= 0.3 is 0 Å². The Hall–Kier alpha value is -1.39. The Morgan fingerprint density at radius 1 is 1.39 bits per heavy atom. The van der Waals surface area contributed by atoms with Gasteiger partial charge in [0, 0.05) is 17.6 Å². The van der Waals surface area contributed by atoms with E-state index in [1.807, 2.05) is 17.5 Å². The molecule has 3 nitrogen and oxygen atoms in total. The molecule has 1 N–H and O–H groups in total. The molecule has 18 heavy (non-hydrogen) atoms. The van der Waals surface area contributed by atoms with E-state index >= 15 is 0 Å². The van der Waals surface area contributed by atoms with E-state index in [0.29, 0.717) is 0 Å². The fraction of sp³-hybridized carbons (Fsp3) is 0.357. The minimum absolute atomic E-state index is 0.509. The van der Waals surface area contributed by atoms with Crippen LogP contribution in [0, 0.1) is 6.92 Å². The van der Waals surface area contributed by atoms with E-state index in [1.54, 1.807) is 18.3 Å². The first kappa shape index (κ1) is 13.1. The number of nitrogens with zero attached hydrogens (tertiary/aromatic N) is 2. The molecule has 0 amide bonds. The molecule has 96 valence electrons. The lowest BCUT2D eigenvalue weighted by molar-refractivity contribution is 0.195. The van der Waals surface area contributed by atoms with Crippen LogP contribution in [0.2, 0.25) is 0 Å². The molecule has 0 aliphatic heterocycles. The van der Waals surface area contributed by atoms with Crippen LogP contribution in [0.1, 0.15) is 31.2 Å². The van der Waals surface area contributed by atoms with E-state index < -0.39 is 6.10 Å². The van der Waals surface area contributed by atoms with Crippen molar-refractivity contribution >= 4 is 22.2 Å². The van der Waals surface area contributed by atoms with Crippen LogP contribution in [0.3, 0.4) is 0 Å². The number of benzene rings is 1. The van der Waals surface area contributed by atoms with Gasteiger partial charge in [0.1, 0.15) is 0 Å². The summed E-state index contributed by atoms with van der Waals surface area (Å²) in [5.41, 5.74) is 3.14. The molecular formula is C14H18N2OS. The Kier molecular flexibility index (Phi) is 3.99. The predicted octanol–water partition coefficient (Wildman–Crippen LogP) is 3.66. The van der Waals surface area contributed by atoms with E-state index in [9.17, 15) is 5.11 Å². The highest BCUT2D eigenvalue weighted by Gasteiger charge is 2.14. The second-order valence-electron chi connectivity index (χ2n) is 4.26. The molecule has 0 fully saturated rings. The topological polar surface area (TPSA) is 36.4 Å². The van der Waals surface area contributed by atoms with Gasteiger partial charge in [-0.2, -0.15) is 0 Å². The van der Waals surface area contributed by atoms with Crippen molar-refractivity contribution in [3.63, 3.8) is 0 Å². The number of para-hydroxylation sites is 1. The van der Waals surface area contributed by atoms with Crippen LogP contribution in [0.5, 0.6) is 0 Å². The normalized spacial score (nSPS) is 12.4. The zero-order chi connectivity index (χ0) is 13.1. The number of aryl methyl sites for hydroxylation is 1. The summed E-state index contributed by atoms with van der Waals surface area (Å²) in [6, 6.07) is 8.27. The van der Waals surface area contributed by atoms with E-state index in [0.717, 1.165) is 17.4 Å². The number of hydrogen-bond donors (Lipinski definition) is 1. The van der Waals surface area contributed by atoms with Gasteiger partial charge in [0.05, 0.1) is 11.8 Å². The van der Waals surface area contributed by atoms with Crippen LogP contribution in [-0.2, 0) is 0 Å². The highest BCUT2D eigenvalue weighted by Crippen LogP contribution is 2.31. The molecule has 0 bridgehead atoms. The smallest absolute Gasteiger partial charge is 0.190 e. The van der Waals surface area contributed by atoms with Gasteiger partial charge in [-0.05, 0) is 32.4 Å². The first-order valence-electron chi connectivity index (χ1n) is 6.10. The minimum Gasteiger partial charge on any atom is -0.387 e. The summed E-state index contributed by atoms with van der Waals surface area (Å²) in [5, 5.41) is 12.4. The van der Waals surface area contributed by atoms with Crippen LogP contribution in [0.25, 0.3) is 0 Å². The second-order valence-corrected chi connectivity index (χ2v) is 5.10. The average Bonchev–Trinajstić information content (AvgIpc) is 2.82. The molecule has 1 unspecified atom stereocenters. The highest BCUT2D eigenvalue weighted by molar-refractivity contribution is 7.13. The van der Waals surface area contributed by atoms with Gasteiger partial charge in [-0.25, -0.2) is 4.98 Å². The van der Waals surface area contributed by atoms with E-state index in [-0.39, 0.29) is 0 Å². The zero-order valence-corrected chi connectivity index (χ0v) is 11.7. The average molecular weight is 262 g/mol. The van der Waals surface area contributed by atoms with Crippen LogP contribution in [0.15, 0.2) is 29.6 Å². The summed E-state index contributed by atoms with van der Waals surface area (Å²) in [7, 11) is 0. The fourth-order valence-corrected chi connectivity index (χ4v) is 2.86. The lowest BCUT2D eigenvalue weighted by atomic mass is 10.2.